The number of aromatic nitrogens is 3. The Balaban J connectivity index is 1.85. The zero-order chi connectivity index (χ0) is 17.8. The van der Waals surface area contributed by atoms with Crippen LogP contribution in [0.1, 0.15) is 47.3 Å². The first-order valence-corrected chi connectivity index (χ1v) is 8.49. The smallest absolute Gasteiger partial charge is 0.275 e. The van der Waals surface area contributed by atoms with Gasteiger partial charge in [0.25, 0.3) is 5.91 Å². The van der Waals surface area contributed by atoms with Gasteiger partial charge in [-0.1, -0.05) is 6.07 Å². The van der Waals surface area contributed by atoms with Crippen molar-refractivity contribution in [3.05, 3.63) is 47.0 Å². The summed E-state index contributed by atoms with van der Waals surface area (Å²) in [5, 5.41) is 7.29. The molecule has 0 radical (unpaired) electrons. The minimum atomic E-state index is -0.0975. The summed E-state index contributed by atoms with van der Waals surface area (Å²) < 4.78 is 11.0. The quantitative estimate of drug-likeness (QED) is 0.868. The van der Waals surface area contributed by atoms with E-state index in [2.05, 4.69) is 15.2 Å². The summed E-state index contributed by atoms with van der Waals surface area (Å²) >= 11 is 0. The van der Waals surface area contributed by atoms with Gasteiger partial charge in [0, 0.05) is 44.6 Å². The fraction of sp³-hybridized carbons (Fsp3) is 0.500. The maximum absolute atomic E-state index is 13.1. The second-order valence-electron chi connectivity index (χ2n) is 6.34. The van der Waals surface area contributed by atoms with Crippen molar-refractivity contribution in [2.75, 3.05) is 20.3 Å². The number of ether oxygens (including phenoxy) is 2. The number of methoxy groups -OCH3 is 1. The third-order valence-corrected chi connectivity index (χ3v) is 4.39. The lowest BCUT2D eigenvalue weighted by Crippen LogP contribution is -2.35. The van der Waals surface area contributed by atoms with Gasteiger partial charge in [-0.3, -0.25) is 14.9 Å². The van der Waals surface area contributed by atoms with Crippen LogP contribution in [0.4, 0.5) is 0 Å². The molecule has 3 heterocycles. The summed E-state index contributed by atoms with van der Waals surface area (Å²) in [6, 6.07) is 3.82. The molecule has 0 fully saturated rings. The van der Waals surface area contributed by atoms with Crippen LogP contribution in [-0.4, -0.2) is 52.4 Å². The fourth-order valence-electron chi connectivity index (χ4n) is 3.17. The molecule has 0 bridgehead atoms. The van der Waals surface area contributed by atoms with Gasteiger partial charge in [-0.25, -0.2) is 0 Å². The van der Waals surface area contributed by atoms with Crippen molar-refractivity contribution >= 4 is 5.91 Å². The van der Waals surface area contributed by atoms with Gasteiger partial charge in [0.05, 0.1) is 24.5 Å². The van der Waals surface area contributed by atoms with Gasteiger partial charge in [-0.2, -0.15) is 5.10 Å². The minimum Gasteiger partial charge on any atom is -0.383 e. The highest BCUT2D eigenvalue weighted by molar-refractivity contribution is 5.94. The fourth-order valence-corrected chi connectivity index (χ4v) is 3.17. The normalized spacial score (nSPS) is 19.5. The highest BCUT2D eigenvalue weighted by Gasteiger charge is 2.31. The predicted octanol–water partition coefficient (Wildman–Crippen LogP) is 2.12. The van der Waals surface area contributed by atoms with Crippen LogP contribution >= 0.6 is 0 Å². The summed E-state index contributed by atoms with van der Waals surface area (Å²) in [7, 11) is 1.63. The highest BCUT2D eigenvalue weighted by atomic mass is 16.5. The molecule has 0 aromatic carbocycles. The second kappa shape index (κ2) is 7.76. The number of amides is 1. The minimum absolute atomic E-state index is 0.0670. The van der Waals surface area contributed by atoms with Gasteiger partial charge < -0.3 is 14.4 Å². The third-order valence-electron chi connectivity index (χ3n) is 4.39. The molecule has 0 unspecified atom stereocenters. The van der Waals surface area contributed by atoms with E-state index in [0.717, 1.165) is 16.8 Å². The average molecular weight is 344 g/mol. The van der Waals surface area contributed by atoms with Crippen molar-refractivity contribution in [2.45, 2.75) is 39.0 Å². The molecule has 1 amide bonds. The summed E-state index contributed by atoms with van der Waals surface area (Å²) in [6.07, 6.45) is 4.15. The molecule has 25 heavy (non-hydrogen) atoms. The van der Waals surface area contributed by atoms with Crippen molar-refractivity contribution in [1.82, 2.24) is 20.1 Å². The number of aromatic amines is 1. The van der Waals surface area contributed by atoms with Crippen LogP contribution in [0.3, 0.4) is 0 Å². The maximum Gasteiger partial charge on any atom is 0.275 e. The number of nitrogens with zero attached hydrogens (tertiary/aromatic N) is 3. The number of carbonyl (C=O) groups is 1. The van der Waals surface area contributed by atoms with Crippen molar-refractivity contribution in [2.24, 2.45) is 0 Å². The Morgan fingerprint density at radius 1 is 1.48 bits per heavy atom. The van der Waals surface area contributed by atoms with Gasteiger partial charge >= 0.3 is 0 Å². The first-order valence-electron chi connectivity index (χ1n) is 8.49. The van der Waals surface area contributed by atoms with Gasteiger partial charge in [-0.05, 0) is 25.5 Å². The lowest BCUT2D eigenvalue weighted by molar-refractivity contribution is -0.00703. The summed E-state index contributed by atoms with van der Waals surface area (Å²) in [5.41, 5.74) is 3.32. The van der Waals surface area contributed by atoms with Crippen molar-refractivity contribution in [1.29, 1.82) is 0 Å². The average Bonchev–Trinajstić information content (AvgIpc) is 3.03. The van der Waals surface area contributed by atoms with Gasteiger partial charge in [0.2, 0.25) is 0 Å². The number of fused-ring (bicyclic) bond motifs is 1. The lowest BCUT2D eigenvalue weighted by atomic mass is 9.99. The molecule has 0 saturated carbocycles. The number of rotatable bonds is 6. The van der Waals surface area contributed by atoms with Crippen LogP contribution in [0.2, 0.25) is 0 Å². The van der Waals surface area contributed by atoms with Crippen LogP contribution in [-0.2, 0) is 22.4 Å². The Morgan fingerprint density at radius 2 is 2.32 bits per heavy atom. The molecule has 7 nitrogen and oxygen atoms in total. The van der Waals surface area contributed by atoms with E-state index in [9.17, 15) is 4.79 Å². The Labute approximate surface area is 147 Å². The van der Waals surface area contributed by atoms with E-state index in [4.69, 9.17) is 9.47 Å². The van der Waals surface area contributed by atoms with E-state index in [1.54, 1.807) is 24.4 Å². The van der Waals surface area contributed by atoms with Gasteiger partial charge in [0.15, 0.2) is 5.69 Å². The van der Waals surface area contributed by atoms with E-state index >= 15 is 0 Å². The van der Waals surface area contributed by atoms with Crippen molar-refractivity contribution < 1.29 is 14.3 Å². The van der Waals surface area contributed by atoms with Crippen LogP contribution < -0.4 is 0 Å². The van der Waals surface area contributed by atoms with E-state index in [1.165, 1.54) is 0 Å². The molecular weight excluding hydrogens is 320 g/mol. The summed E-state index contributed by atoms with van der Waals surface area (Å²) in [6.45, 7) is 5.42. The van der Waals surface area contributed by atoms with E-state index in [1.807, 2.05) is 26.0 Å². The van der Waals surface area contributed by atoms with Crippen LogP contribution in [0.5, 0.6) is 0 Å². The Kier molecular flexibility index (Phi) is 5.45. The molecule has 0 spiro atoms. The molecule has 134 valence electrons. The molecule has 7 heteroatoms. The molecule has 1 aliphatic heterocycles. The zero-order valence-corrected chi connectivity index (χ0v) is 14.9. The Morgan fingerprint density at radius 3 is 3.04 bits per heavy atom. The van der Waals surface area contributed by atoms with Crippen molar-refractivity contribution in [3.63, 3.8) is 0 Å². The van der Waals surface area contributed by atoms with Crippen LogP contribution in [0.15, 0.2) is 24.5 Å². The van der Waals surface area contributed by atoms with E-state index in [-0.39, 0.29) is 18.1 Å². The maximum atomic E-state index is 13.1. The molecule has 2 atom stereocenters. The number of nitrogens with one attached hydrogen (secondary N) is 1. The zero-order valence-electron chi connectivity index (χ0n) is 14.9. The first-order chi connectivity index (χ1) is 12.1. The third kappa shape index (κ3) is 3.88. The summed E-state index contributed by atoms with van der Waals surface area (Å²) in [4.78, 5) is 19.0. The van der Waals surface area contributed by atoms with Gasteiger partial charge in [0.1, 0.15) is 0 Å². The molecule has 1 aliphatic rings. The topological polar surface area (TPSA) is 80.3 Å². The molecule has 3 rings (SSSR count). The van der Waals surface area contributed by atoms with Crippen molar-refractivity contribution in [3.8, 4) is 0 Å². The standard InChI is InChI=1S/C18H24N4O3/c1-12-9-15-16(13(2)25-12)20-21-17(15)18(23)22(7-8-24-3)11-14-5-4-6-19-10-14/h4-6,10,12-13H,7-9,11H2,1-3H3,(H,20,21)/t12-,13+/m0/s1. The molecule has 2 aromatic heterocycles. The molecule has 1 N–H and O–H groups in total. The molecule has 2 aromatic rings. The number of H-pyrrole nitrogens is 1. The Bertz CT molecular complexity index is 716. The largest absolute Gasteiger partial charge is 0.383 e. The van der Waals surface area contributed by atoms with Crippen LogP contribution in [0.25, 0.3) is 0 Å². The Hall–Kier alpha value is -2.25. The number of pyridine rings is 1. The number of hydrogen-bond donors (Lipinski definition) is 1. The van der Waals surface area contributed by atoms with E-state index in [0.29, 0.717) is 31.8 Å². The van der Waals surface area contributed by atoms with Crippen LogP contribution in [0, 0.1) is 0 Å². The summed E-state index contributed by atoms with van der Waals surface area (Å²) in [5.74, 6) is -0.0975. The second-order valence-corrected chi connectivity index (χ2v) is 6.34. The lowest BCUT2D eigenvalue weighted by Gasteiger charge is -2.26. The molecule has 0 aliphatic carbocycles. The monoisotopic (exact) mass is 344 g/mol. The SMILES string of the molecule is COCCN(Cc1cccnc1)C(=O)c1n[nH]c2c1C[C@H](C)O[C@@H]2C. The first kappa shape index (κ1) is 17.6. The molecular formula is C18H24N4O3. The highest BCUT2D eigenvalue weighted by Crippen LogP contribution is 2.30. The van der Waals surface area contributed by atoms with E-state index < -0.39 is 0 Å². The van der Waals surface area contributed by atoms with Gasteiger partial charge in [-0.15, -0.1) is 0 Å². The number of hydrogen-bond acceptors (Lipinski definition) is 5. The number of carbonyl (C=O) groups excluding carboxylic acids is 1. The molecule has 0 saturated heterocycles. The predicted molar refractivity (Wildman–Crippen MR) is 92.1 cm³/mol.